The van der Waals surface area contributed by atoms with Crippen LogP contribution in [0.2, 0.25) is 15.5 Å². The van der Waals surface area contributed by atoms with Crippen LogP contribution in [0.1, 0.15) is 5.56 Å². The fourth-order valence-electron chi connectivity index (χ4n) is 3.04. The molecule has 1 aromatic rings. The molecule has 0 saturated carbocycles. The Morgan fingerprint density at radius 2 is 1.65 bits per heavy atom. The molecule has 0 radical (unpaired) electrons. The van der Waals surface area contributed by atoms with E-state index in [9.17, 15) is 4.79 Å². The summed E-state index contributed by atoms with van der Waals surface area (Å²) in [5.74, 6) is -0.0765. The maximum Gasteiger partial charge on any atom is 0.178 e. The van der Waals surface area contributed by atoms with Crippen LogP contribution in [0, 0.1) is 0 Å². The maximum atomic E-state index is 12.7. The second kappa shape index (κ2) is 4.61. The third kappa shape index (κ3) is 1.79. The fraction of sp³-hybridized carbons (Fsp3) is 0.250. The van der Waals surface area contributed by atoms with Gasteiger partial charge in [0.2, 0.25) is 0 Å². The van der Waals surface area contributed by atoms with Gasteiger partial charge in [0.25, 0.3) is 0 Å². The van der Waals surface area contributed by atoms with Crippen LogP contribution < -0.4 is 5.73 Å². The van der Waals surface area contributed by atoms with E-state index in [2.05, 4.69) is 15.7 Å². The first-order chi connectivity index (χ1) is 9.06. The first kappa shape index (κ1) is 15.6. The summed E-state index contributed by atoms with van der Waals surface area (Å²) < 4.78 is 0. The molecule has 0 saturated heterocycles. The summed E-state index contributed by atoms with van der Waals surface area (Å²) in [5.41, 5.74) is 7.30. The predicted molar refractivity (Wildman–Crippen MR) is 98.5 cm³/mol. The minimum absolute atomic E-state index is 0.0765. The van der Waals surface area contributed by atoms with Crippen molar-refractivity contribution < 1.29 is 4.79 Å². The highest BCUT2D eigenvalue weighted by Crippen LogP contribution is 2.59. The van der Waals surface area contributed by atoms with Gasteiger partial charge in [0.1, 0.15) is 39.2 Å². The fourth-order valence-corrected chi connectivity index (χ4v) is 3.32. The van der Waals surface area contributed by atoms with E-state index in [0.717, 1.165) is 5.47 Å². The van der Waals surface area contributed by atoms with Gasteiger partial charge < -0.3 is 5.73 Å². The van der Waals surface area contributed by atoms with Crippen LogP contribution in [0.5, 0.6) is 0 Å². The van der Waals surface area contributed by atoms with Gasteiger partial charge in [0, 0.05) is 5.02 Å². The van der Waals surface area contributed by atoms with Crippen LogP contribution in [-0.2, 0) is 10.3 Å². The summed E-state index contributed by atoms with van der Waals surface area (Å²) in [7, 11) is 10.3. The van der Waals surface area contributed by atoms with Gasteiger partial charge in [-0.2, -0.15) is 0 Å². The Bertz CT molecular complexity index is 616. The molecule has 0 fully saturated rings. The minimum atomic E-state index is -1.12. The topological polar surface area (TPSA) is 43.1 Å². The van der Waals surface area contributed by atoms with E-state index < -0.39 is 10.8 Å². The number of halogens is 1. The molecule has 2 N–H and O–H groups in total. The van der Waals surface area contributed by atoms with E-state index in [-0.39, 0.29) is 11.0 Å². The zero-order chi connectivity index (χ0) is 15.3. The van der Waals surface area contributed by atoms with E-state index in [0.29, 0.717) is 10.6 Å². The molecule has 2 rings (SSSR count). The first-order valence-corrected chi connectivity index (χ1v) is 7.21. The number of ketones is 1. The molecule has 8 heteroatoms. The lowest BCUT2D eigenvalue weighted by Crippen LogP contribution is -2.62. The molecule has 0 heterocycles. The molecule has 1 aromatic carbocycles. The number of hydrogen-bond acceptors (Lipinski definition) is 2. The minimum Gasteiger partial charge on any atom is -0.316 e. The second-order valence-corrected chi connectivity index (χ2v) is 7.14. The van der Waals surface area contributed by atoms with Gasteiger partial charge in [-0.3, -0.25) is 4.79 Å². The van der Waals surface area contributed by atoms with E-state index >= 15 is 0 Å². The Labute approximate surface area is 129 Å². The molecule has 0 bridgehead atoms. The van der Waals surface area contributed by atoms with Crippen LogP contribution in [-0.4, -0.2) is 45.0 Å². The highest BCUT2D eigenvalue weighted by atomic mass is 35.5. The Balaban J connectivity index is 2.79. The monoisotopic (exact) mass is 281 g/mol. The molecule has 20 heavy (non-hydrogen) atoms. The molecule has 0 aromatic heterocycles. The molecular weight excluding hydrogens is 264 g/mol. The Kier molecular flexibility index (Phi) is 3.59. The van der Waals surface area contributed by atoms with E-state index in [1.165, 1.54) is 0 Å². The quantitative estimate of drug-likeness (QED) is 0.572. The van der Waals surface area contributed by atoms with Crippen molar-refractivity contribution in [2.75, 3.05) is 0 Å². The van der Waals surface area contributed by atoms with Gasteiger partial charge in [0.15, 0.2) is 5.78 Å². The molecule has 1 atom stereocenters. The van der Waals surface area contributed by atoms with Crippen molar-refractivity contribution in [1.82, 2.24) is 0 Å². The van der Waals surface area contributed by atoms with Crippen LogP contribution in [0.15, 0.2) is 35.8 Å². The number of hydrogen-bond donors (Lipinski definition) is 1. The average Bonchev–Trinajstić information content (AvgIpc) is 2.36. The van der Waals surface area contributed by atoms with Crippen LogP contribution in [0.3, 0.4) is 0 Å². The third-order valence-electron chi connectivity index (χ3n) is 5.57. The lowest BCUT2D eigenvalue weighted by molar-refractivity contribution is -0.121. The Hall–Kier alpha value is -0.795. The van der Waals surface area contributed by atoms with Crippen LogP contribution >= 0.6 is 11.6 Å². The maximum absolute atomic E-state index is 12.7. The summed E-state index contributed by atoms with van der Waals surface area (Å²) in [6, 6.07) is 7.36. The van der Waals surface area contributed by atoms with Crippen molar-refractivity contribution in [2.45, 2.75) is 16.0 Å². The number of nitrogens with two attached hydrogens (primary N) is 1. The predicted octanol–water partition coefficient (Wildman–Crippen LogP) is -2.64. The normalized spacial score (nSPS) is 27.9. The second-order valence-electron chi connectivity index (χ2n) is 6.73. The van der Waals surface area contributed by atoms with E-state index in [1.54, 1.807) is 12.1 Å². The summed E-state index contributed by atoms with van der Waals surface area (Å²) in [6.45, 7) is 0. The smallest absolute Gasteiger partial charge is 0.178 e. The number of carbonyl (C=O) groups is 1. The third-order valence-corrected chi connectivity index (χ3v) is 5.90. The SMILES string of the molecule is BC1=CC(=O)C(N)(c2ccccc2Cl)C(B)(B)C1(B)B. The molecule has 0 amide bonds. The Morgan fingerprint density at radius 3 is 2.20 bits per heavy atom. The molecule has 0 aliphatic heterocycles. The van der Waals surface area contributed by atoms with Crippen LogP contribution in [0.25, 0.3) is 0 Å². The standard InChI is InChI=1S/C12H17B5ClNO/c13-8-5-9(20)10(19,12(16,17)11(8,14)15)6-3-1-2-4-7(6)18/h1-5H,13-17,19H2. The van der Waals surface area contributed by atoms with Crippen molar-refractivity contribution in [1.29, 1.82) is 0 Å². The molecule has 98 valence electrons. The van der Waals surface area contributed by atoms with Gasteiger partial charge in [-0.15, -0.1) is 5.47 Å². The summed E-state index contributed by atoms with van der Waals surface area (Å²) in [6.07, 6.45) is 1.68. The molecule has 1 aliphatic carbocycles. The van der Waals surface area contributed by atoms with Crippen LogP contribution in [0.4, 0.5) is 0 Å². The van der Waals surface area contributed by atoms with Gasteiger partial charge in [-0.05, 0) is 17.7 Å². The number of allylic oxidation sites excluding steroid dienone is 1. The zero-order valence-electron chi connectivity index (χ0n) is 12.8. The van der Waals surface area contributed by atoms with Crippen molar-refractivity contribution >= 4 is 56.6 Å². The van der Waals surface area contributed by atoms with Crippen molar-refractivity contribution in [3.05, 3.63) is 46.4 Å². The summed E-state index contributed by atoms with van der Waals surface area (Å²) >= 11 is 6.32. The summed E-state index contributed by atoms with van der Waals surface area (Å²) in [4.78, 5) is 12.7. The van der Waals surface area contributed by atoms with Gasteiger partial charge in [-0.25, -0.2) is 0 Å². The first-order valence-electron chi connectivity index (χ1n) is 6.84. The lowest BCUT2D eigenvalue weighted by atomic mass is 9.20. The van der Waals surface area contributed by atoms with Crippen molar-refractivity contribution in [3.63, 3.8) is 0 Å². The molecule has 2 nitrogen and oxygen atoms in total. The number of rotatable bonds is 1. The van der Waals surface area contributed by atoms with E-state index in [1.807, 2.05) is 41.7 Å². The average molecular weight is 281 g/mol. The molecule has 1 aliphatic rings. The van der Waals surface area contributed by atoms with Gasteiger partial charge >= 0.3 is 0 Å². The molecule has 1 unspecified atom stereocenters. The lowest BCUT2D eigenvalue weighted by Gasteiger charge is -2.57. The number of carbonyl (C=O) groups excluding carboxylic acids is 1. The van der Waals surface area contributed by atoms with Gasteiger partial charge in [0.05, 0.1) is 5.54 Å². The molecule has 0 spiro atoms. The largest absolute Gasteiger partial charge is 0.316 e. The van der Waals surface area contributed by atoms with Gasteiger partial charge in [-0.1, -0.05) is 40.2 Å². The molecular formula is C12H17B5ClNO. The Morgan fingerprint density at radius 1 is 1.10 bits per heavy atom. The zero-order valence-corrected chi connectivity index (χ0v) is 13.5. The van der Waals surface area contributed by atoms with E-state index in [4.69, 9.17) is 17.3 Å². The summed E-state index contributed by atoms with van der Waals surface area (Å²) in [5, 5.41) is -0.115. The van der Waals surface area contributed by atoms with Crippen molar-refractivity contribution in [3.8, 4) is 0 Å². The highest BCUT2D eigenvalue weighted by molar-refractivity contribution is 6.61. The number of benzene rings is 1. The highest BCUT2D eigenvalue weighted by Gasteiger charge is 2.58. The van der Waals surface area contributed by atoms with Crippen molar-refractivity contribution in [2.24, 2.45) is 5.73 Å².